The minimum Gasteiger partial charge on any atom is -0.443 e. The Hall–Kier alpha value is -2.19. The van der Waals surface area contributed by atoms with E-state index in [9.17, 15) is 19.5 Å². The summed E-state index contributed by atoms with van der Waals surface area (Å²) in [5.74, 6) is -1.48. The number of halogens is 1. The third-order valence-corrected chi connectivity index (χ3v) is 4.40. The van der Waals surface area contributed by atoms with Gasteiger partial charge >= 0.3 is 6.09 Å². The standard InChI is InChI=1S/C17H17BrN2O5/c1-16(2,3)25-15(23)20-7-6-10(13(20)21)17(24)11-8-9(18)4-5-12(11)19-14(17)22/h4-6,8,24H,7H2,1-3H3,(H,19,22). The molecule has 0 aromatic heterocycles. The van der Waals surface area contributed by atoms with Gasteiger partial charge in [-0.25, -0.2) is 9.69 Å². The van der Waals surface area contributed by atoms with Gasteiger partial charge in [-0.05, 0) is 39.0 Å². The Labute approximate surface area is 152 Å². The van der Waals surface area contributed by atoms with Crippen molar-refractivity contribution in [3.05, 3.63) is 39.9 Å². The van der Waals surface area contributed by atoms with Gasteiger partial charge in [0.25, 0.3) is 11.8 Å². The van der Waals surface area contributed by atoms with Gasteiger partial charge in [0.15, 0.2) is 0 Å². The molecule has 1 aromatic rings. The molecule has 8 heteroatoms. The van der Waals surface area contributed by atoms with Crippen LogP contribution in [0, 0.1) is 0 Å². The van der Waals surface area contributed by atoms with Gasteiger partial charge < -0.3 is 15.2 Å². The zero-order valence-electron chi connectivity index (χ0n) is 13.9. The van der Waals surface area contributed by atoms with Gasteiger partial charge in [-0.2, -0.15) is 0 Å². The largest absolute Gasteiger partial charge is 0.443 e. The molecule has 1 aromatic carbocycles. The highest BCUT2D eigenvalue weighted by molar-refractivity contribution is 9.10. The highest BCUT2D eigenvalue weighted by Crippen LogP contribution is 2.43. The van der Waals surface area contributed by atoms with Gasteiger partial charge in [0, 0.05) is 15.7 Å². The number of benzene rings is 1. The number of hydrogen-bond donors (Lipinski definition) is 2. The van der Waals surface area contributed by atoms with Crippen LogP contribution < -0.4 is 5.32 Å². The molecule has 0 fully saturated rings. The minimum absolute atomic E-state index is 0.0675. The predicted molar refractivity (Wildman–Crippen MR) is 92.7 cm³/mol. The lowest BCUT2D eigenvalue weighted by atomic mass is 9.87. The zero-order valence-corrected chi connectivity index (χ0v) is 15.5. The molecule has 2 aliphatic rings. The Morgan fingerprint density at radius 3 is 2.68 bits per heavy atom. The normalized spacial score (nSPS) is 22.6. The fourth-order valence-corrected chi connectivity index (χ4v) is 3.16. The van der Waals surface area contributed by atoms with Gasteiger partial charge in [0.1, 0.15) is 5.60 Å². The summed E-state index contributed by atoms with van der Waals surface area (Å²) in [5.41, 5.74) is -2.39. The summed E-state index contributed by atoms with van der Waals surface area (Å²) in [6, 6.07) is 4.90. The fraction of sp³-hybridized carbons (Fsp3) is 0.353. The Morgan fingerprint density at radius 2 is 2.04 bits per heavy atom. The second-order valence-corrected chi connectivity index (χ2v) is 7.78. The Morgan fingerprint density at radius 1 is 1.36 bits per heavy atom. The van der Waals surface area contributed by atoms with Crippen LogP contribution in [-0.4, -0.2) is 40.1 Å². The molecule has 0 saturated heterocycles. The lowest BCUT2D eigenvalue weighted by Gasteiger charge is -2.25. The van der Waals surface area contributed by atoms with Gasteiger partial charge in [0.05, 0.1) is 12.1 Å². The molecule has 3 amide bonds. The average Bonchev–Trinajstić information content (AvgIpc) is 2.98. The van der Waals surface area contributed by atoms with Crippen molar-refractivity contribution in [2.75, 3.05) is 11.9 Å². The van der Waals surface area contributed by atoms with E-state index < -0.39 is 29.1 Å². The van der Waals surface area contributed by atoms with E-state index in [1.54, 1.807) is 39.0 Å². The Balaban J connectivity index is 1.94. The number of nitrogens with zero attached hydrogens (tertiary/aromatic N) is 1. The molecular formula is C17H17BrN2O5. The number of amides is 3. The Bertz CT molecular complexity index is 827. The monoisotopic (exact) mass is 408 g/mol. The van der Waals surface area contributed by atoms with Crippen molar-refractivity contribution in [3.8, 4) is 0 Å². The van der Waals surface area contributed by atoms with E-state index in [2.05, 4.69) is 21.2 Å². The van der Waals surface area contributed by atoms with Gasteiger partial charge in [-0.15, -0.1) is 0 Å². The maximum absolute atomic E-state index is 12.7. The van der Waals surface area contributed by atoms with Crippen molar-refractivity contribution in [1.82, 2.24) is 4.90 Å². The first-order valence-corrected chi connectivity index (χ1v) is 8.42. The molecule has 25 heavy (non-hydrogen) atoms. The predicted octanol–water partition coefficient (Wildman–Crippen LogP) is 2.29. The van der Waals surface area contributed by atoms with E-state index in [1.807, 2.05) is 0 Å². The molecule has 2 heterocycles. The summed E-state index contributed by atoms with van der Waals surface area (Å²) in [6.45, 7) is 4.99. The van der Waals surface area contributed by atoms with Crippen molar-refractivity contribution in [2.24, 2.45) is 0 Å². The zero-order chi connectivity index (χ0) is 18.6. The molecule has 1 unspecified atom stereocenters. The molecule has 132 valence electrons. The van der Waals surface area contributed by atoms with Crippen LogP contribution in [0.1, 0.15) is 26.3 Å². The van der Waals surface area contributed by atoms with E-state index in [1.165, 1.54) is 6.08 Å². The molecule has 0 spiro atoms. The summed E-state index contributed by atoms with van der Waals surface area (Å²) in [5, 5.41) is 13.6. The van der Waals surface area contributed by atoms with Gasteiger partial charge in [-0.3, -0.25) is 9.59 Å². The number of imide groups is 1. The number of nitrogens with one attached hydrogen (secondary N) is 1. The first-order chi connectivity index (χ1) is 11.5. The third kappa shape index (κ3) is 2.85. The maximum Gasteiger partial charge on any atom is 0.417 e. The van der Waals surface area contributed by atoms with E-state index >= 15 is 0 Å². The number of anilines is 1. The number of carbonyl (C=O) groups is 3. The van der Waals surface area contributed by atoms with Crippen LogP contribution in [-0.2, 0) is 19.9 Å². The molecule has 0 radical (unpaired) electrons. The molecule has 7 nitrogen and oxygen atoms in total. The van der Waals surface area contributed by atoms with Crippen LogP contribution in [0.15, 0.2) is 34.3 Å². The molecular weight excluding hydrogens is 392 g/mol. The summed E-state index contributed by atoms with van der Waals surface area (Å²) in [4.78, 5) is 38.1. The summed E-state index contributed by atoms with van der Waals surface area (Å²) in [7, 11) is 0. The smallest absolute Gasteiger partial charge is 0.417 e. The molecule has 2 N–H and O–H groups in total. The highest BCUT2D eigenvalue weighted by Gasteiger charge is 2.53. The SMILES string of the molecule is CC(C)(C)OC(=O)N1CC=C(C2(O)C(=O)Nc3ccc(Br)cc32)C1=O. The van der Waals surface area contributed by atoms with Crippen LogP contribution in [0.5, 0.6) is 0 Å². The number of aliphatic hydroxyl groups is 1. The van der Waals surface area contributed by atoms with Crippen LogP contribution in [0.4, 0.5) is 10.5 Å². The van der Waals surface area contributed by atoms with Crippen molar-refractivity contribution in [3.63, 3.8) is 0 Å². The summed E-state index contributed by atoms with van der Waals surface area (Å²) < 4.78 is 5.84. The van der Waals surface area contributed by atoms with Crippen LogP contribution >= 0.6 is 15.9 Å². The topological polar surface area (TPSA) is 95.9 Å². The van der Waals surface area contributed by atoms with Crippen molar-refractivity contribution < 1.29 is 24.2 Å². The molecule has 3 rings (SSSR count). The van der Waals surface area contributed by atoms with E-state index in [0.29, 0.717) is 10.2 Å². The summed E-state index contributed by atoms with van der Waals surface area (Å²) >= 11 is 3.29. The molecule has 0 saturated carbocycles. The highest BCUT2D eigenvalue weighted by atomic mass is 79.9. The van der Waals surface area contributed by atoms with Crippen LogP contribution in [0.2, 0.25) is 0 Å². The minimum atomic E-state index is -2.15. The second-order valence-electron chi connectivity index (χ2n) is 6.87. The molecule has 0 bridgehead atoms. The number of ether oxygens (including phenoxy) is 1. The Kier molecular flexibility index (Phi) is 4.00. The second kappa shape index (κ2) is 5.67. The number of hydrogen-bond acceptors (Lipinski definition) is 5. The first kappa shape index (κ1) is 17.6. The fourth-order valence-electron chi connectivity index (χ4n) is 2.80. The lowest BCUT2D eigenvalue weighted by molar-refractivity contribution is -0.136. The average molecular weight is 409 g/mol. The lowest BCUT2D eigenvalue weighted by Crippen LogP contribution is -2.44. The van der Waals surface area contributed by atoms with Crippen LogP contribution in [0.3, 0.4) is 0 Å². The van der Waals surface area contributed by atoms with Crippen molar-refractivity contribution in [1.29, 1.82) is 0 Å². The number of carbonyl (C=O) groups excluding carboxylic acids is 3. The number of fused-ring (bicyclic) bond motifs is 1. The molecule has 2 aliphatic heterocycles. The summed E-state index contributed by atoms with van der Waals surface area (Å²) in [6.07, 6.45) is 0.558. The van der Waals surface area contributed by atoms with Crippen molar-refractivity contribution >= 4 is 39.5 Å². The van der Waals surface area contributed by atoms with E-state index in [0.717, 1.165) is 4.90 Å². The third-order valence-electron chi connectivity index (χ3n) is 3.91. The van der Waals surface area contributed by atoms with E-state index in [-0.39, 0.29) is 17.7 Å². The maximum atomic E-state index is 12.7. The molecule has 1 atom stereocenters. The van der Waals surface area contributed by atoms with Crippen molar-refractivity contribution in [2.45, 2.75) is 32.0 Å². The van der Waals surface area contributed by atoms with Gasteiger partial charge in [-0.1, -0.05) is 22.0 Å². The van der Waals surface area contributed by atoms with E-state index in [4.69, 9.17) is 4.74 Å². The first-order valence-electron chi connectivity index (χ1n) is 7.63. The van der Waals surface area contributed by atoms with Crippen LogP contribution in [0.25, 0.3) is 0 Å². The quantitative estimate of drug-likeness (QED) is 0.742. The van der Waals surface area contributed by atoms with Gasteiger partial charge in [0.2, 0.25) is 5.60 Å². The molecule has 0 aliphatic carbocycles. The number of rotatable bonds is 1.